The molecule has 3 rings (SSSR count). The molecule has 0 unspecified atom stereocenters. The van der Waals surface area contributed by atoms with E-state index in [1.807, 2.05) is 36.4 Å². The minimum atomic E-state index is 0.476. The fourth-order valence-corrected chi connectivity index (χ4v) is 3.03. The number of aromatic nitrogens is 2. The topological polar surface area (TPSA) is 35.0 Å². The lowest BCUT2D eigenvalue weighted by Crippen LogP contribution is -1.98. The van der Waals surface area contributed by atoms with Gasteiger partial charge in [0.15, 0.2) is 5.82 Å². The Morgan fingerprint density at radius 2 is 1.70 bits per heavy atom. The van der Waals surface area contributed by atoms with Crippen LogP contribution in [0.15, 0.2) is 70.6 Å². The van der Waals surface area contributed by atoms with Crippen LogP contribution >= 0.6 is 11.8 Å². The van der Waals surface area contributed by atoms with Gasteiger partial charge < -0.3 is 4.74 Å². The van der Waals surface area contributed by atoms with Crippen molar-refractivity contribution in [2.45, 2.75) is 23.5 Å². The zero-order valence-corrected chi connectivity index (χ0v) is 14.0. The standard InChI is InChI=1S/C19H18N2OS/c1-14-8-10-17(11-9-14)23-18-12-16(13-22-2)20-19(21-18)15-6-4-3-5-7-15/h3-12H,13H2,1-2H3. The first-order chi connectivity index (χ1) is 11.2. The molecule has 0 amide bonds. The second kappa shape index (κ2) is 7.40. The Morgan fingerprint density at radius 1 is 0.957 bits per heavy atom. The Hall–Kier alpha value is -2.17. The largest absolute Gasteiger partial charge is 0.378 e. The summed E-state index contributed by atoms with van der Waals surface area (Å²) in [6, 6.07) is 20.4. The van der Waals surface area contributed by atoms with E-state index in [1.54, 1.807) is 18.9 Å². The maximum Gasteiger partial charge on any atom is 0.160 e. The molecule has 0 aliphatic carbocycles. The van der Waals surface area contributed by atoms with Gasteiger partial charge in [0.05, 0.1) is 12.3 Å². The molecular formula is C19H18N2OS. The molecule has 0 aliphatic heterocycles. The van der Waals surface area contributed by atoms with Gasteiger partial charge in [-0.3, -0.25) is 0 Å². The molecular weight excluding hydrogens is 304 g/mol. The number of hydrogen-bond acceptors (Lipinski definition) is 4. The van der Waals surface area contributed by atoms with Gasteiger partial charge in [-0.15, -0.1) is 0 Å². The van der Waals surface area contributed by atoms with Crippen LogP contribution in [0.5, 0.6) is 0 Å². The van der Waals surface area contributed by atoms with Crippen LogP contribution < -0.4 is 0 Å². The quantitative estimate of drug-likeness (QED) is 0.635. The average Bonchev–Trinajstić information content (AvgIpc) is 2.58. The first-order valence-corrected chi connectivity index (χ1v) is 8.23. The van der Waals surface area contributed by atoms with Crippen LogP contribution in [0, 0.1) is 6.92 Å². The van der Waals surface area contributed by atoms with Gasteiger partial charge in [-0.1, -0.05) is 59.8 Å². The molecule has 0 saturated carbocycles. The highest BCUT2D eigenvalue weighted by atomic mass is 32.2. The van der Waals surface area contributed by atoms with Gasteiger partial charge in [-0.2, -0.15) is 0 Å². The zero-order chi connectivity index (χ0) is 16.1. The van der Waals surface area contributed by atoms with E-state index in [2.05, 4.69) is 36.2 Å². The molecule has 3 aromatic rings. The van der Waals surface area contributed by atoms with Crippen molar-refractivity contribution in [3.63, 3.8) is 0 Å². The molecule has 2 aromatic carbocycles. The lowest BCUT2D eigenvalue weighted by atomic mass is 10.2. The van der Waals surface area contributed by atoms with E-state index in [1.165, 1.54) is 5.56 Å². The third-order valence-corrected chi connectivity index (χ3v) is 4.25. The molecule has 4 heteroatoms. The molecule has 116 valence electrons. The molecule has 1 aromatic heterocycles. The number of nitrogens with zero attached hydrogens (tertiary/aromatic N) is 2. The number of rotatable bonds is 5. The van der Waals surface area contributed by atoms with E-state index >= 15 is 0 Å². The van der Waals surface area contributed by atoms with Crippen LogP contribution in [0.4, 0.5) is 0 Å². The summed E-state index contributed by atoms with van der Waals surface area (Å²) in [5.41, 5.74) is 3.15. The number of ether oxygens (including phenoxy) is 1. The van der Waals surface area contributed by atoms with Crippen LogP contribution in [-0.4, -0.2) is 17.1 Å². The smallest absolute Gasteiger partial charge is 0.160 e. The number of hydrogen-bond donors (Lipinski definition) is 0. The van der Waals surface area contributed by atoms with E-state index in [-0.39, 0.29) is 0 Å². The lowest BCUT2D eigenvalue weighted by Gasteiger charge is -2.08. The van der Waals surface area contributed by atoms with E-state index in [9.17, 15) is 0 Å². The van der Waals surface area contributed by atoms with Crippen LogP contribution in [0.3, 0.4) is 0 Å². The Labute approximate surface area is 140 Å². The van der Waals surface area contributed by atoms with Crippen molar-refractivity contribution in [3.05, 3.63) is 71.9 Å². The normalized spacial score (nSPS) is 10.7. The highest BCUT2D eigenvalue weighted by Crippen LogP contribution is 2.28. The molecule has 0 spiro atoms. The van der Waals surface area contributed by atoms with Gasteiger partial charge in [-0.05, 0) is 25.1 Å². The molecule has 0 fully saturated rings. The van der Waals surface area contributed by atoms with E-state index < -0.39 is 0 Å². The molecule has 3 nitrogen and oxygen atoms in total. The predicted molar refractivity (Wildman–Crippen MR) is 93.5 cm³/mol. The van der Waals surface area contributed by atoms with Gasteiger partial charge in [0.1, 0.15) is 5.03 Å². The summed E-state index contributed by atoms with van der Waals surface area (Å²) in [5, 5.41) is 0.926. The van der Waals surface area contributed by atoms with Crippen LogP contribution in [-0.2, 0) is 11.3 Å². The Kier molecular flexibility index (Phi) is 5.05. The summed E-state index contributed by atoms with van der Waals surface area (Å²) in [6.07, 6.45) is 0. The average molecular weight is 322 g/mol. The molecule has 0 aliphatic rings. The Bertz CT molecular complexity index is 773. The Balaban J connectivity index is 1.95. The minimum Gasteiger partial charge on any atom is -0.378 e. The summed E-state index contributed by atoms with van der Waals surface area (Å²) >= 11 is 1.64. The lowest BCUT2D eigenvalue weighted by molar-refractivity contribution is 0.181. The van der Waals surface area contributed by atoms with Gasteiger partial charge in [0, 0.05) is 17.6 Å². The second-order valence-electron chi connectivity index (χ2n) is 5.24. The highest BCUT2D eigenvalue weighted by molar-refractivity contribution is 7.99. The van der Waals surface area contributed by atoms with Crippen molar-refractivity contribution in [1.29, 1.82) is 0 Å². The molecule has 0 N–H and O–H groups in total. The molecule has 0 bridgehead atoms. The van der Waals surface area contributed by atoms with Crippen molar-refractivity contribution in [2.75, 3.05) is 7.11 Å². The minimum absolute atomic E-state index is 0.476. The molecule has 1 heterocycles. The third kappa shape index (κ3) is 4.18. The molecule has 23 heavy (non-hydrogen) atoms. The summed E-state index contributed by atoms with van der Waals surface area (Å²) in [6.45, 7) is 2.56. The number of benzene rings is 2. The molecule has 0 atom stereocenters. The number of methoxy groups -OCH3 is 1. The third-order valence-electron chi connectivity index (χ3n) is 3.32. The van der Waals surface area contributed by atoms with Crippen molar-refractivity contribution < 1.29 is 4.74 Å². The fraction of sp³-hybridized carbons (Fsp3) is 0.158. The second-order valence-corrected chi connectivity index (χ2v) is 6.33. The van der Waals surface area contributed by atoms with Crippen LogP contribution in [0.2, 0.25) is 0 Å². The van der Waals surface area contributed by atoms with Gasteiger partial charge >= 0.3 is 0 Å². The maximum atomic E-state index is 5.24. The van der Waals surface area contributed by atoms with E-state index in [4.69, 9.17) is 9.72 Å². The summed E-state index contributed by atoms with van der Waals surface area (Å²) in [5.74, 6) is 0.731. The summed E-state index contributed by atoms with van der Waals surface area (Å²) in [7, 11) is 1.68. The van der Waals surface area contributed by atoms with Gasteiger partial charge in [-0.25, -0.2) is 9.97 Å². The monoisotopic (exact) mass is 322 g/mol. The summed E-state index contributed by atoms with van der Waals surface area (Å²) < 4.78 is 5.24. The van der Waals surface area contributed by atoms with Crippen LogP contribution in [0.25, 0.3) is 11.4 Å². The fourth-order valence-electron chi connectivity index (χ4n) is 2.19. The zero-order valence-electron chi connectivity index (χ0n) is 13.2. The Morgan fingerprint density at radius 3 is 2.39 bits per heavy atom. The van der Waals surface area contributed by atoms with E-state index in [0.29, 0.717) is 6.61 Å². The summed E-state index contributed by atoms with van der Waals surface area (Å²) in [4.78, 5) is 10.5. The first kappa shape index (κ1) is 15.7. The van der Waals surface area contributed by atoms with Crippen LogP contribution in [0.1, 0.15) is 11.3 Å². The predicted octanol–water partition coefficient (Wildman–Crippen LogP) is 4.75. The first-order valence-electron chi connectivity index (χ1n) is 7.41. The van der Waals surface area contributed by atoms with Gasteiger partial charge in [0.25, 0.3) is 0 Å². The molecule has 0 saturated heterocycles. The number of aryl methyl sites for hydroxylation is 1. The van der Waals surface area contributed by atoms with Crippen molar-refractivity contribution in [1.82, 2.24) is 9.97 Å². The van der Waals surface area contributed by atoms with E-state index in [0.717, 1.165) is 27.0 Å². The van der Waals surface area contributed by atoms with Crippen molar-refractivity contribution in [2.24, 2.45) is 0 Å². The van der Waals surface area contributed by atoms with Crippen molar-refractivity contribution >= 4 is 11.8 Å². The van der Waals surface area contributed by atoms with Crippen molar-refractivity contribution in [3.8, 4) is 11.4 Å². The van der Waals surface area contributed by atoms with Gasteiger partial charge in [0.2, 0.25) is 0 Å². The highest BCUT2D eigenvalue weighted by Gasteiger charge is 2.08. The maximum absolute atomic E-state index is 5.24. The molecule has 0 radical (unpaired) electrons. The SMILES string of the molecule is COCc1cc(Sc2ccc(C)cc2)nc(-c2ccccc2)n1.